The Kier molecular flexibility index (Phi) is 73.1. The molecule has 13 rings (SSSR count). The molecular weight excluding hydrogens is 1840 g/mol. The fourth-order valence-corrected chi connectivity index (χ4v) is 15.3. The number of aromatic nitrogens is 6. The molecule has 0 bridgehead atoms. The van der Waals surface area contributed by atoms with E-state index in [4.69, 9.17) is 8.94 Å². The topological polar surface area (TPSA) is 244 Å². The van der Waals surface area contributed by atoms with Gasteiger partial charge in [-0.15, -0.1) is 21.5 Å². The monoisotopic (exact) mass is 2070 g/mol. The molecule has 0 aromatic carbocycles. The maximum Gasteiger partial charge on any atom is 0.227 e. The molecule has 148 heavy (non-hydrogen) atoms. The van der Waals surface area contributed by atoms with Crippen molar-refractivity contribution in [3.63, 3.8) is 0 Å². The number of rotatable bonds is 13. The van der Waals surface area contributed by atoms with Gasteiger partial charge in [-0.25, -0.2) is 9.98 Å². The van der Waals surface area contributed by atoms with Crippen LogP contribution >= 0.6 is 11.3 Å². The average Bonchev–Trinajstić information content (AvgIpc) is 1.71. The second kappa shape index (κ2) is 73.1. The minimum absolute atomic E-state index is 0.221. The highest BCUT2D eigenvalue weighted by atomic mass is 32.1. The first-order valence-electron chi connectivity index (χ1n) is 55.7. The van der Waals surface area contributed by atoms with Gasteiger partial charge in [0.1, 0.15) is 29.9 Å². The van der Waals surface area contributed by atoms with E-state index in [2.05, 4.69) is 417 Å². The Bertz CT molecular complexity index is 4530. The summed E-state index contributed by atoms with van der Waals surface area (Å²) in [6.07, 6.45) is 44.6. The van der Waals surface area contributed by atoms with Crippen molar-refractivity contribution in [1.29, 1.82) is 0 Å². The molecule has 0 saturated carbocycles. The highest BCUT2D eigenvalue weighted by Crippen LogP contribution is 2.33. The fourth-order valence-electron chi connectivity index (χ4n) is 14.1. The average molecular weight is 2070 g/mol. The standard InChI is InChI=1S/C10H16S.C9H17N3.3C9H16N2.C9H15NO.6C9H15N.C8H14N2O.5C2H6/c1-8-5-6-9(11-8)7-10(2,3)4;1-7-10-11-8(12(7)5)6-9(2,3)4;1-7-8(11-6-10-7)5-9(2,3)4;1-7-6-10-8(11-7)5-9(2,3)4;1-7-5-8(11-10-7)6-9(2,3)4;1-7-10-6-8(11-7)5-9(2,3)4;2*1-9(2,3)6-8-4-5-10-7-8;4*1-9(2,3)7-8-5-4-6-10-8;1-6-9-7(11-10-6)5-8(2,3)4;5*1-2/h5-6H,7H2,1-4H3;6H2,1-5H3;3*5-6H2,1-4H3;6H,5H2,1-4H3;4,7H,5-6H2,1-3H3;4-5H,6-7H2,1-3H3;2*5-6H,4,7H2,1-3H3;4,6H,5,7H2,1-3H3;4-5H,6-7H2,1-3H3;5H2,1-4H3;5*1-2H3. The lowest BCUT2D eigenvalue weighted by molar-refractivity contribution is 0.312. The largest absolute Gasteiger partial charge is 0.446 e. The highest BCUT2D eigenvalue weighted by Gasteiger charge is 2.25. The second-order valence-electron chi connectivity index (χ2n) is 53.7. The van der Waals surface area contributed by atoms with Gasteiger partial charge in [0.05, 0.1) is 43.8 Å². The minimum Gasteiger partial charge on any atom is -0.446 e. The van der Waals surface area contributed by atoms with Crippen LogP contribution in [-0.2, 0) is 32.7 Å². The van der Waals surface area contributed by atoms with Crippen molar-refractivity contribution < 1.29 is 8.94 Å². The molecule has 0 radical (unpaired) electrons. The summed E-state index contributed by atoms with van der Waals surface area (Å²) in [5.41, 5.74) is 18.4. The van der Waals surface area contributed by atoms with Crippen molar-refractivity contribution in [2.75, 3.05) is 32.8 Å². The normalized spacial score (nSPS) is 15.1. The second-order valence-corrected chi connectivity index (χ2v) is 55.1. The summed E-state index contributed by atoms with van der Waals surface area (Å²) in [7, 11) is 2.01. The summed E-state index contributed by atoms with van der Waals surface area (Å²) in [6, 6.07) is 4.44. The van der Waals surface area contributed by atoms with Gasteiger partial charge in [-0.05, 0) is 205 Å². The Morgan fingerprint density at radius 3 is 1.24 bits per heavy atom. The molecule has 0 aliphatic carbocycles. The molecule has 0 unspecified atom stereocenters. The van der Waals surface area contributed by atoms with Crippen LogP contribution in [0.2, 0.25) is 0 Å². The molecule has 0 fully saturated rings. The third-order valence-corrected chi connectivity index (χ3v) is 20.4. The molecule has 13 heterocycles. The Balaban J connectivity index is -0.000000495. The van der Waals surface area contributed by atoms with Gasteiger partial charge in [0, 0.05) is 146 Å². The van der Waals surface area contributed by atoms with Gasteiger partial charge in [-0.1, -0.05) is 375 Å². The molecule has 9 aliphatic heterocycles. The SMILES string of the molecule is CC.CC.CC.CC.CC.CC(C)(C)CC1=CC=NC1.CC(C)(C)CC1=CCC=N1.CC(C)(C)CC1=CCC=N1.CC(C)(C)CC1=CCN=C1.CC(C)(C)CC1=NC=CC1.CC(C)(C)CC1=NCC=C1.CC1=NC(CC(C)(C)C)=NC1.CC1=NCN=C1CC(C)(C)C.CC1=NN=C(CC(C)(C)C)C1.Cc1ccc(CC(C)(C)C)s1.Cc1ncc(CC(C)(C)C)o1.Cc1nnc(CC(C)(C)C)n1C.Cc1noc(CC(C)(C)C)n1. The van der Waals surface area contributed by atoms with Gasteiger partial charge >= 0.3 is 0 Å². The van der Waals surface area contributed by atoms with Gasteiger partial charge in [0.25, 0.3) is 0 Å². The third kappa shape index (κ3) is 92.6. The molecular formula is C127H230N18O2S. The summed E-state index contributed by atoms with van der Waals surface area (Å²) in [5.74, 6) is 6.25. The van der Waals surface area contributed by atoms with Crippen molar-refractivity contribution in [1.82, 2.24) is 29.9 Å². The lowest BCUT2D eigenvalue weighted by atomic mass is 9.88. The predicted molar refractivity (Wildman–Crippen MR) is 665 cm³/mol. The molecule has 21 heteroatoms. The molecule has 20 nitrogen and oxygen atoms in total. The molecule has 846 valence electrons. The van der Waals surface area contributed by atoms with E-state index in [0.717, 1.165) is 175 Å². The molecule has 4 aromatic rings. The van der Waals surface area contributed by atoms with E-state index < -0.39 is 0 Å². The number of aryl methyl sites for hydroxylation is 4. The molecule has 0 amide bonds. The molecule has 0 atom stereocenters. The number of aliphatic imine (C=N–C) groups is 10. The Morgan fingerprint density at radius 1 is 0.426 bits per heavy atom. The quantitative estimate of drug-likeness (QED) is 0.125. The van der Waals surface area contributed by atoms with Gasteiger partial charge in [0.2, 0.25) is 5.89 Å². The lowest BCUT2D eigenvalue weighted by Gasteiger charge is -2.17. The first-order chi connectivity index (χ1) is 67.7. The van der Waals surface area contributed by atoms with E-state index in [9.17, 15) is 0 Å². The Hall–Kier alpha value is -8.33. The van der Waals surface area contributed by atoms with Crippen molar-refractivity contribution in [3.8, 4) is 0 Å². The van der Waals surface area contributed by atoms with Gasteiger partial charge in [-0.2, -0.15) is 15.2 Å². The van der Waals surface area contributed by atoms with E-state index in [0.29, 0.717) is 66.6 Å². The predicted octanol–water partition coefficient (Wildman–Crippen LogP) is 37.9. The summed E-state index contributed by atoms with van der Waals surface area (Å²) in [5, 5.41) is 20.0. The summed E-state index contributed by atoms with van der Waals surface area (Å²) in [4.78, 5) is 53.6. The Morgan fingerprint density at radius 2 is 0.912 bits per heavy atom. The maximum atomic E-state index is 5.35. The summed E-state index contributed by atoms with van der Waals surface area (Å²) < 4.78 is 12.4. The fraction of sp³-hybridized carbons (Fsp3) is 0.724. The first kappa shape index (κ1) is 148. The molecule has 9 aliphatic rings. The summed E-state index contributed by atoms with van der Waals surface area (Å²) in [6.45, 7) is 125. The van der Waals surface area contributed by atoms with Crippen LogP contribution in [0.1, 0.15) is 488 Å². The van der Waals surface area contributed by atoms with E-state index in [1.165, 1.54) is 68.0 Å². The molecule has 0 saturated heterocycles. The number of thiophene rings is 1. The number of nitrogens with zero attached hydrogens (tertiary/aromatic N) is 18. The highest BCUT2D eigenvalue weighted by molar-refractivity contribution is 7.11. The van der Waals surface area contributed by atoms with E-state index in [1.807, 2.05) is 165 Å². The van der Waals surface area contributed by atoms with Crippen LogP contribution in [0.15, 0.2) is 159 Å². The van der Waals surface area contributed by atoms with Crippen LogP contribution < -0.4 is 0 Å². The van der Waals surface area contributed by atoms with Gasteiger partial charge in [0.15, 0.2) is 11.7 Å². The van der Waals surface area contributed by atoms with Crippen molar-refractivity contribution >= 4 is 82.0 Å². The van der Waals surface area contributed by atoms with Crippen LogP contribution in [0.4, 0.5) is 0 Å². The van der Waals surface area contributed by atoms with Crippen molar-refractivity contribution in [2.24, 2.45) is 138 Å². The van der Waals surface area contributed by atoms with E-state index >= 15 is 0 Å². The first-order valence-corrected chi connectivity index (χ1v) is 56.6. The van der Waals surface area contributed by atoms with E-state index in [1.54, 1.807) is 6.20 Å². The van der Waals surface area contributed by atoms with Crippen molar-refractivity contribution in [3.05, 3.63) is 134 Å². The maximum absolute atomic E-state index is 5.35. The summed E-state index contributed by atoms with van der Waals surface area (Å²) >= 11 is 1.91. The van der Waals surface area contributed by atoms with Gasteiger partial charge in [-0.3, -0.25) is 44.9 Å². The molecule has 0 spiro atoms. The van der Waals surface area contributed by atoms with Crippen molar-refractivity contribution in [2.45, 2.75) is 497 Å². The zero-order chi connectivity index (χ0) is 116. The third-order valence-electron chi connectivity index (χ3n) is 19.4. The number of hydrogen-bond acceptors (Lipinski definition) is 20. The number of oxazole rings is 1. The molecule has 0 N–H and O–H groups in total. The van der Waals surface area contributed by atoms with Crippen LogP contribution in [-0.4, -0.2) is 133 Å². The van der Waals surface area contributed by atoms with Crippen LogP contribution in [0.5, 0.6) is 0 Å². The lowest BCUT2D eigenvalue weighted by Crippen LogP contribution is -2.16. The van der Waals surface area contributed by atoms with E-state index in [-0.39, 0.29) is 16.2 Å². The number of hydrogen-bond donors (Lipinski definition) is 0. The zero-order valence-electron chi connectivity index (χ0n) is 107. The van der Waals surface area contributed by atoms with Gasteiger partial charge < -0.3 is 13.5 Å². The smallest absolute Gasteiger partial charge is 0.227 e. The number of amidine groups is 1. The minimum atomic E-state index is 0.221. The van der Waals surface area contributed by atoms with Crippen LogP contribution in [0.3, 0.4) is 0 Å². The van der Waals surface area contributed by atoms with Crippen LogP contribution in [0, 0.1) is 98.1 Å². The Labute approximate surface area is 916 Å². The number of allylic oxidation sites excluding steroid dienone is 8. The van der Waals surface area contributed by atoms with Crippen LogP contribution in [0.25, 0.3) is 0 Å². The molecule has 4 aromatic heterocycles. The zero-order valence-corrected chi connectivity index (χ0v) is 108.